The zero-order chi connectivity index (χ0) is 96.2. The van der Waals surface area contributed by atoms with E-state index in [-0.39, 0.29) is 158 Å². The first-order valence-corrected chi connectivity index (χ1v) is 44.1. The van der Waals surface area contributed by atoms with Crippen LogP contribution in [0.15, 0.2) is 178 Å². The Balaban J connectivity index is 0.000000267. The molecule has 5 N–H and O–H groups in total. The lowest BCUT2D eigenvalue weighted by atomic mass is 9.98. The summed E-state index contributed by atoms with van der Waals surface area (Å²) in [5, 5.41) is 8.26. The number of rotatable bonds is 33. The third kappa shape index (κ3) is 30.1. The molecule has 0 fully saturated rings. The number of amides is 7. The monoisotopic (exact) mass is 1780 g/mol. The molecule has 3 heterocycles. The Kier molecular flexibility index (Phi) is 38.0. The normalized spacial score (nSPS) is 12.0. The minimum atomic E-state index is -0.816. The van der Waals surface area contributed by atoms with Crippen LogP contribution >= 0.6 is 0 Å². The van der Waals surface area contributed by atoms with Crippen molar-refractivity contribution in [2.75, 3.05) is 45.9 Å². The first-order chi connectivity index (χ1) is 61.2. The lowest BCUT2D eigenvalue weighted by molar-refractivity contribution is 0.0499. The number of carbonyl (C=O) groups is 8. The number of carbonyl (C=O) groups excluding carboxylic acids is 8. The van der Waals surface area contributed by atoms with Gasteiger partial charge in [0.15, 0.2) is 5.69 Å². The zero-order valence-electron chi connectivity index (χ0n) is 79.4. The minimum absolute atomic E-state index is 0.0271. The summed E-state index contributed by atoms with van der Waals surface area (Å²) in [5.41, 5.74) is 10.2. The Morgan fingerprint density at radius 3 is 0.938 bits per heavy atom. The van der Waals surface area contributed by atoms with E-state index in [0.717, 1.165) is 33.4 Å². The van der Waals surface area contributed by atoms with E-state index in [0.29, 0.717) is 41.8 Å². The number of esters is 1. The van der Waals surface area contributed by atoms with Gasteiger partial charge in [-0.3, -0.25) is 47.3 Å². The van der Waals surface area contributed by atoms with Gasteiger partial charge >= 0.3 is 24.2 Å². The molecule has 0 bridgehead atoms. The molecular weight excluding hydrogens is 1650 g/mol. The molecule has 29 heteroatoms. The van der Waals surface area contributed by atoms with Crippen molar-refractivity contribution in [3.05, 3.63) is 302 Å². The van der Waals surface area contributed by atoms with Crippen LogP contribution in [-0.4, -0.2) is 154 Å². The second-order valence-electron chi connectivity index (χ2n) is 36.1. The Labute approximate surface area is 763 Å². The topological polar surface area (TPSA) is 354 Å². The largest absolute Gasteiger partial charge is 0.461 e. The highest BCUT2D eigenvalue weighted by atomic mass is 16.6. The van der Waals surface area contributed by atoms with Gasteiger partial charge in [-0.25, -0.2) is 29.1 Å². The summed E-state index contributed by atoms with van der Waals surface area (Å²) in [6, 6.07) is 48.3. The summed E-state index contributed by atoms with van der Waals surface area (Å²) >= 11 is 0. The van der Waals surface area contributed by atoms with Gasteiger partial charge in [0.05, 0.1) is 38.3 Å². The van der Waals surface area contributed by atoms with Gasteiger partial charge in [-0.05, 0) is 201 Å². The van der Waals surface area contributed by atoms with Crippen molar-refractivity contribution in [3.63, 3.8) is 0 Å². The number of hydrogen-bond acceptors (Lipinski definition) is 18. The van der Waals surface area contributed by atoms with Crippen molar-refractivity contribution in [2.24, 2.45) is 23.5 Å². The van der Waals surface area contributed by atoms with Gasteiger partial charge in [0.25, 0.3) is 40.6 Å². The minimum Gasteiger partial charge on any atom is -0.461 e. The summed E-state index contributed by atoms with van der Waals surface area (Å²) in [6.45, 7) is 50.0. The van der Waals surface area contributed by atoms with E-state index >= 15 is 0 Å². The molecule has 9 rings (SSSR count). The van der Waals surface area contributed by atoms with Gasteiger partial charge in [0.1, 0.15) is 40.2 Å². The lowest BCUT2D eigenvalue weighted by Gasteiger charge is -2.36. The fraction of sp³-hybridized carbons (Fsp3) is 0.436. The number of aryl methyl sites for hydroxylation is 3. The fourth-order valence-corrected chi connectivity index (χ4v) is 14.5. The van der Waals surface area contributed by atoms with Crippen molar-refractivity contribution in [2.45, 2.75) is 226 Å². The molecule has 3 aromatic heterocycles. The van der Waals surface area contributed by atoms with Gasteiger partial charge in [-0.2, -0.15) is 0 Å². The smallest absolute Gasteiger partial charge is 0.407 e. The highest BCUT2D eigenvalue weighted by molar-refractivity contribution is 5.96. The maximum Gasteiger partial charge on any atom is 0.407 e. The maximum atomic E-state index is 14.2. The van der Waals surface area contributed by atoms with Crippen LogP contribution in [0.4, 0.5) is 20.2 Å². The van der Waals surface area contributed by atoms with Gasteiger partial charge in [0.2, 0.25) is 11.4 Å². The van der Waals surface area contributed by atoms with E-state index in [2.05, 4.69) is 25.8 Å². The van der Waals surface area contributed by atoms with Crippen LogP contribution < -0.4 is 38.4 Å². The third-order valence-electron chi connectivity index (χ3n) is 20.7. The summed E-state index contributed by atoms with van der Waals surface area (Å²) in [5.74, 6) is -1.92. The van der Waals surface area contributed by atoms with Gasteiger partial charge in [-0.1, -0.05) is 192 Å². The van der Waals surface area contributed by atoms with E-state index in [1.54, 1.807) is 143 Å². The standard InChI is InChI=1S/C35H46N4O6.C33H43N5O5.C33H41N5O4/c1-9-44-33(42)28-25(5)31(40)39(22-26-14-11-10-12-15-26)30(37-28)29(23(2)3)38(32(41)27-18-16-24(4)17-19-27)21-13-20-36-34(43)45-35(6,7)8;1-21(2)27(29-36-26(28(34)39)23(4)30(40)38(29)20-24-12-9-8-10-13-24)37(31(41)25-16-14-22(3)15-17-25)19-11-18-35-32(42)43-33(5,6)7;1-22(2)27(29-36-28(34-8)24(4)30(39)38(29)21-25-13-10-9-11-14-25)37(31(40)26-17-15-23(3)16-18-26)20-12-19-35-32(41)42-33(5,6)7/h10-12,14-19,23,29H,9,13,20-22H2,1-8H3,(H,36,43);8-10,12-17,21,27H,11,18-20H2,1-7H3,(H2,34,39)(H,35,42);9-11,13-18,22,27H,12,19-21H2,1-7H3,(H,35,41). The number of ether oxygens (including phenoxy) is 4. The molecule has 694 valence electrons. The third-order valence-corrected chi connectivity index (χ3v) is 20.7. The van der Waals surface area contributed by atoms with Gasteiger partial charge in [-0.15, -0.1) is 4.98 Å². The summed E-state index contributed by atoms with van der Waals surface area (Å²) < 4.78 is 26.0. The first kappa shape index (κ1) is 104. The highest BCUT2D eigenvalue weighted by Crippen LogP contribution is 2.35. The number of nitrogens with two attached hydrogens (primary N) is 1. The second-order valence-corrected chi connectivity index (χ2v) is 36.1. The molecule has 3 atom stereocenters. The fourth-order valence-electron chi connectivity index (χ4n) is 14.5. The molecule has 0 saturated carbocycles. The number of primary amides is 1. The lowest BCUT2D eigenvalue weighted by Crippen LogP contribution is -2.44. The number of alkyl carbamates (subject to hydrolysis) is 3. The predicted molar refractivity (Wildman–Crippen MR) is 503 cm³/mol. The van der Waals surface area contributed by atoms with Crippen molar-refractivity contribution in [3.8, 4) is 0 Å². The molecule has 7 amide bonds. The molecule has 0 aliphatic carbocycles. The Hall–Kier alpha value is -13.4. The average molecular weight is 1780 g/mol. The molecule has 130 heavy (non-hydrogen) atoms. The Bertz CT molecular complexity index is 5590. The molecule has 0 saturated heterocycles. The number of benzene rings is 6. The highest BCUT2D eigenvalue weighted by Gasteiger charge is 2.39. The summed E-state index contributed by atoms with van der Waals surface area (Å²) in [6.07, 6.45) is -0.387. The van der Waals surface area contributed by atoms with Crippen LogP contribution in [0.25, 0.3) is 4.85 Å². The van der Waals surface area contributed by atoms with Gasteiger partial charge < -0.3 is 60.2 Å². The molecule has 9 aromatic rings. The van der Waals surface area contributed by atoms with Crippen molar-refractivity contribution >= 4 is 53.7 Å². The van der Waals surface area contributed by atoms with Crippen molar-refractivity contribution < 1.29 is 57.3 Å². The summed E-state index contributed by atoms with van der Waals surface area (Å²) in [4.78, 5) is 169. The molecule has 29 nitrogen and oxygen atoms in total. The maximum absolute atomic E-state index is 14.2. The van der Waals surface area contributed by atoms with Gasteiger partial charge in [0, 0.05) is 72.6 Å². The van der Waals surface area contributed by atoms with E-state index in [1.807, 2.05) is 190 Å². The average Bonchev–Trinajstić information content (AvgIpc) is 0.766. The van der Waals surface area contributed by atoms with E-state index in [1.165, 1.54) is 11.5 Å². The second kappa shape index (κ2) is 47.6. The zero-order valence-corrected chi connectivity index (χ0v) is 79.4. The molecule has 0 radical (unpaired) electrons. The Morgan fingerprint density at radius 1 is 0.408 bits per heavy atom. The molecular formula is C101H130N14O15. The van der Waals surface area contributed by atoms with Crippen molar-refractivity contribution in [1.82, 2.24) is 59.3 Å². The number of nitrogens with zero attached hydrogens (tertiary/aromatic N) is 10. The van der Waals surface area contributed by atoms with Crippen LogP contribution in [0, 0.1) is 65.9 Å². The van der Waals surface area contributed by atoms with Crippen LogP contribution in [0.5, 0.6) is 0 Å². The van der Waals surface area contributed by atoms with Crippen LogP contribution in [-0.2, 0) is 38.6 Å². The summed E-state index contributed by atoms with van der Waals surface area (Å²) in [7, 11) is 0. The first-order valence-electron chi connectivity index (χ1n) is 44.1. The van der Waals surface area contributed by atoms with E-state index in [9.17, 15) is 52.7 Å². The van der Waals surface area contributed by atoms with E-state index in [4.69, 9.17) is 41.2 Å². The van der Waals surface area contributed by atoms with Crippen LogP contribution in [0.2, 0.25) is 0 Å². The SMILES string of the molecule is CCOC(=O)c1nc(C(C(C)C)N(CCCNC(=O)OC(C)(C)C)C(=O)c2ccc(C)cc2)n(Cc2ccccc2)c(=O)c1C.Cc1ccc(C(=O)N(CCCNC(=O)OC(C)(C)C)C(c2nc(C(N)=O)c(C)c(=O)n2Cc2ccccc2)C(C)C)cc1.[C-]#[N+]c1nc(C(C(C)C)N(CCCNC(=O)OC(C)(C)C)C(=O)c2ccc(C)cc2)n(Cc2ccccc2)c(=O)c1C. The Morgan fingerprint density at radius 2 is 0.677 bits per heavy atom. The van der Waals surface area contributed by atoms with E-state index < -0.39 is 70.6 Å². The number of aromatic nitrogens is 6. The van der Waals surface area contributed by atoms with Crippen LogP contribution in [0.1, 0.15) is 268 Å². The molecule has 3 unspecified atom stereocenters. The molecule has 0 aliphatic rings. The van der Waals surface area contributed by atoms with Crippen molar-refractivity contribution in [1.29, 1.82) is 0 Å². The number of nitrogens with one attached hydrogen (secondary N) is 3. The quantitative estimate of drug-likeness (QED) is 0.0128. The molecule has 0 spiro atoms. The molecule has 0 aliphatic heterocycles. The number of hydrogen-bond donors (Lipinski definition) is 4. The van der Waals surface area contributed by atoms with Crippen LogP contribution in [0.3, 0.4) is 0 Å². The molecule has 6 aromatic carbocycles. The predicted octanol–water partition coefficient (Wildman–Crippen LogP) is 16.8.